The van der Waals surface area contributed by atoms with Crippen molar-refractivity contribution in [1.29, 1.82) is 0 Å². The lowest BCUT2D eigenvalue weighted by Gasteiger charge is -2.42. The Morgan fingerprint density at radius 1 is 0.724 bits per heavy atom. The van der Waals surface area contributed by atoms with Gasteiger partial charge >= 0.3 is 0 Å². The van der Waals surface area contributed by atoms with Gasteiger partial charge in [-0.15, -0.1) is 0 Å². The van der Waals surface area contributed by atoms with Gasteiger partial charge in [0.2, 0.25) is 0 Å². The lowest BCUT2D eigenvalue weighted by atomic mass is 10.0. The van der Waals surface area contributed by atoms with E-state index in [4.69, 9.17) is 11.6 Å². The van der Waals surface area contributed by atoms with Crippen molar-refractivity contribution >= 4 is 11.6 Å². The van der Waals surface area contributed by atoms with E-state index in [1.165, 1.54) is 16.7 Å². The predicted molar refractivity (Wildman–Crippen MR) is 122 cm³/mol. The second kappa shape index (κ2) is 10.1. The Morgan fingerprint density at radius 3 is 2.03 bits per heavy atom. The SMILES string of the molecule is Clc1ccccc1CCC1CN(Cc2ccccc2)CCN1Cc1ccccc1. The van der Waals surface area contributed by atoms with Gasteiger partial charge in [0.1, 0.15) is 0 Å². The molecular formula is C26H29ClN2. The van der Waals surface area contributed by atoms with Crippen LogP contribution in [0.1, 0.15) is 23.1 Å². The molecule has 3 heteroatoms. The minimum atomic E-state index is 0.531. The van der Waals surface area contributed by atoms with Crippen LogP contribution in [0.25, 0.3) is 0 Å². The molecule has 3 aromatic rings. The van der Waals surface area contributed by atoms with Crippen LogP contribution in [-0.4, -0.2) is 35.5 Å². The summed E-state index contributed by atoms with van der Waals surface area (Å²) < 4.78 is 0. The summed E-state index contributed by atoms with van der Waals surface area (Å²) in [6, 6.07) is 30.5. The van der Waals surface area contributed by atoms with E-state index < -0.39 is 0 Å². The van der Waals surface area contributed by atoms with Crippen molar-refractivity contribution < 1.29 is 0 Å². The highest BCUT2D eigenvalue weighted by Gasteiger charge is 2.27. The Kier molecular flexibility index (Phi) is 7.00. The van der Waals surface area contributed by atoms with E-state index >= 15 is 0 Å². The normalized spacial score (nSPS) is 18.0. The quantitative estimate of drug-likeness (QED) is 0.501. The van der Waals surface area contributed by atoms with Crippen molar-refractivity contribution in [3.05, 3.63) is 107 Å². The first-order valence-corrected chi connectivity index (χ1v) is 10.9. The van der Waals surface area contributed by atoms with Crippen LogP contribution in [0.5, 0.6) is 0 Å². The Labute approximate surface area is 179 Å². The first-order chi connectivity index (χ1) is 14.3. The van der Waals surface area contributed by atoms with Gasteiger partial charge in [-0.25, -0.2) is 0 Å². The van der Waals surface area contributed by atoms with Crippen LogP contribution in [0.3, 0.4) is 0 Å². The van der Waals surface area contributed by atoms with Gasteiger partial charge in [0, 0.05) is 43.8 Å². The summed E-state index contributed by atoms with van der Waals surface area (Å²) in [6.07, 6.45) is 2.15. The highest BCUT2D eigenvalue weighted by Crippen LogP contribution is 2.23. The summed E-state index contributed by atoms with van der Waals surface area (Å²) in [5.41, 5.74) is 4.05. The number of benzene rings is 3. The number of piperazine rings is 1. The predicted octanol–water partition coefficient (Wildman–Crippen LogP) is 5.66. The van der Waals surface area contributed by atoms with Gasteiger partial charge in [-0.3, -0.25) is 9.80 Å². The highest BCUT2D eigenvalue weighted by atomic mass is 35.5. The van der Waals surface area contributed by atoms with E-state index in [9.17, 15) is 0 Å². The molecule has 0 radical (unpaired) electrons. The molecule has 0 bridgehead atoms. The first kappa shape index (κ1) is 20.2. The molecule has 1 heterocycles. The largest absolute Gasteiger partial charge is 0.296 e. The molecule has 1 unspecified atom stereocenters. The van der Waals surface area contributed by atoms with Crippen LogP contribution in [0.2, 0.25) is 5.02 Å². The fourth-order valence-corrected chi connectivity index (χ4v) is 4.50. The third kappa shape index (κ3) is 5.70. The zero-order valence-electron chi connectivity index (χ0n) is 16.9. The zero-order valence-corrected chi connectivity index (χ0v) is 17.6. The molecule has 0 amide bonds. The molecule has 1 saturated heterocycles. The molecule has 150 valence electrons. The average molecular weight is 405 g/mol. The number of aryl methyl sites for hydroxylation is 1. The molecule has 0 saturated carbocycles. The van der Waals surface area contributed by atoms with Crippen LogP contribution in [0.15, 0.2) is 84.9 Å². The van der Waals surface area contributed by atoms with Crippen molar-refractivity contribution in [3.8, 4) is 0 Å². The van der Waals surface area contributed by atoms with Gasteiger partial charge in [0.25, 0.3) is 0 Å². The molecule has 1 aliphatic rings. The monoisotopic (exact) mass is 404 g/mol. The lowest BCUT2D eigenvalue weighted by molar-refractivity contribution is 0.0597. The minimum absolute atomic E-state index is 0.531. The van der Waals surface area contributed by atoms with Crippen LogP contribution in [0.4, 0.5) is 0 Å². The fourth-order valence-electron chi connectivity index (χ4n) is 4.27. The molecule has 0 N–H and O–H groups in total. The number of nitrogens with zero attached hydrogens (tertiary/aromatic N) is 2. The summed E-state index contributed by atoms with van der Waals surface area (Å²) in [6.45, 7) is 5.38. The summed E-state index contributed by atoms with van der Waals surface area (Å²) >= 11 is 6.42. The Hall–Kier alpha value is -2.13. The summed E-state index contributed by atoms with van der Waals surface area (Å²) in [5.74, 6) is 0. The molecule has 29 heavy (non-hydrogen) atoms. The van der Waals surface area contributed by atoms with E-state index in [1.54, 1.807) is 0 Å². The number of hydrogen-bond donors (Lipinski definition) is 0. The van der Waals surface area contributed by atoms with Gasteiger partial charge in [-0.2, -0.15) is 0 Å². The molecule has 2 nitrogen and oxygen atoms in total. The Bertz CT molecular complexity index is 881. The number of halogens is 1. The topological polar surface area (TPSA) is 6.48 Å². The van der Waals surface area contributed by atoms with Crippen molar-refractivity contribution in [1.82, 2.24) is 9.80 Å². The summed E-state index contributed by atoms with van der Waals surface area (Å²) in [4.78, 5) is 5.27. The maximum absolute atomic E-state index is 6.42. The van der Waals surface area contributed by atoms with Crippen LogP contribution in [0, 0.1) is 0 Å². The standard InChI is InChI=1S/C26H29ClN2/c27-26-14-8-7-13-24(26)15-16-25-21-28(19-22-9-3-1-4-10-22)17-18-29(25)20-23-11-5-2-6-12-23/h1-14,25H,15-21H2. The lowest BCUT2D eigenvalue weighted by Crippen LogP contribution is -2.52. The third-order valence-electron chi connectivity index (χ3n) is 5.87. The smallest absolute Gasteiger partial charge is 0.0437 e. The van der Waals surface area contributed by atoms with E-state index in [2.05, 4.69) is 82.6 Å². The van der Waals surface area contributed by atoms with Gasteiger partial charge in [-0.05, 0) is 35.6 Å². The Balaban J connectivity index is 1.44. The molecule has 4 rings (SSSR count). The van der Waals surface area contributed by atoms with Crippen LogP contribution >= 0.6 is 11.6 Å². The van der Waals surface area contributed by atoms with E-state index in [0.29, 0.717) is 6.04 Å². The summed E-state index contributed by atoms with van der Waals surface area (Å²) in [7, 11) is 0. The molecular weight excluding hydrogens is 376 g/mol. The fraction of sp³-hybridized carbons (Fsp3) is 0.308. The maximum Gasteiger partial charge on any atom is 0.0437 e. The van der Waals surface area contributed by atoms with Crippen molar-refractivity contribution in [2.75, 3.05) is 19.6 Å². The Morgan fingerprint density at radius 2 is 1.34 bits per heavy atom. The van der Waals surface area contributed by atoms with Gasteiger partial charge in [-0.1, -0.05) is 90.5 Å². The van der Waals surface area contributed by atoms with E-state index in [1.807, 2.05) is 12.1 Å². The molecule has 0 spiro atoms. The molecule has 0 aromatic heterocycles. The van der Waals surface area contributed by atoms with Crippen LogP contribution in [-0.2, 0) is 19.5 Å². The highest BCUT2D eigenvalue weighted by molar-refractivity contribution is 6.31. The average Bonchev–Trinajstić information content (AvgIpc) is 2.76. The van der Waals surface area contributed by atoms with Crippen molar-refractivity contribution in [3.63, 3.8) is 0 Å². The first-order valence-electron chi connectivity index (χ1n) is 10.6. The second-order valence-corrected chi connectivity index (χ2v) is 8.37. The number of rotatable bonds is 7. The van der Waals surface area contributed by atoms with Gasteiger partial charge in [0.05, 0.1) is 0 Å². The third-order valence-corrected chi connectivity index (χ3v) is 6.24. The summed E-state index contributed by atoms with van der Waals surface area (Å²) in [5, 5.41) is 0.888. The second-order valence-electron chi connectivity index (χ2n) is 7.96. The molecule has 1 aliphatic heterocycles. The molecule has 3 aromatic carbocycles. The molecule has 0 aliphatic carbocycles. The van der Waals surface area contributed by atoms with Crippen LogP contribution < -0.4 is 0 Å². The van der Waals surface area contributed by atoms with Crippen molar-refractivity contribution in [2.24, 2.45) is 0 Å². The maximum atomic E-state index is 6.42. The van der Waals surface area contributed by atoms with Gasteiger partial charge in [0.15, 0.2) is 0 Å². The molecule has 1 fully saturated rings. The minimum Gasteiger partial charge on any atom is -0.296 e. The van der Waals surface area contributed by atoms with E-state index in [-0.39, 0.29) is 0 Å². The zero-order chi connectivity index (χ0) is 19.9. The van der Waals surface area contributed by atoms with Crippen molar-refractivity contribution in [2.45, 2.75) is 32.0 Å². The van der Waals surface area contributed by atoms with Gasteiger partial charge < -0.3 is 0 Å². The molecule has 1 atom stereocenters. The van der Waals surface area contributed by atoms with E-state index in [0.717, 1.165) is 50.6 Å². The number of hydrogen-bond acceptors (Lipinski definition) is 2.